The molecule has 1 rings (SSSR count). The van der Waals surface area contributed by atoms with Gasteiger partial charge in [-0.1, -0.05) is 29.3 Å². The highest BCUT2D eigenvalue weighted by atomic mass is 79.9. The first-order valence-corrected chi connectivity index (χ1v) is 5.60. The standard InChI is InChI=1S/C10H14BrNO2/c1-2-3-9(11)6-12-10(13)8-4-5-14-7-8/h4-5,7,9H,2-3,6H2,1H3,(H,12,13). The Bertz CT molecular complexity index is 272. The molecule has 0 aromatic carbocycles. The zero-order valence-electron chi connectivity index (χ0n) is 8.13. The molecule has 0 fully saturated rings. The zero-order chi connectivity index (χ0) is 10.4. The monoisotopic (exact) mass is 259 g/mol. The summed E-state index contributed by atoms with van der Waals surface area (Å²) in [7, 11) is 0. The van der Waals surface area contributed by atoms with Crippen molar-refractivity contribution in [2.75, 3.05) is 6.54 Å². The lowest BCUT2D eigenvalue weighted by atomic mass is 10.2. The fourth-order valence-electron chi connectivity index (χ4n) is 1.11. The number of halogens is 1. The Morgan fingerprint density at radius 1 is 1.71 bits per heavy atom. The highest BCUT2D eigenvalue weighted by molar-refractivity contribution is 9.09. The van der Waals surface area contributed by atoms with Gasteiger partial charge in [-0.25, -0.2) is 0 Å². The predicted octanol–water partition coefficient (Wildman–Crippen LogP) is 2.57. The van der Waals surface area contributed by atoms with E-state index in [1.54, 1.807) is 6.07 Å². The number of nitrogens with one attached hydrogen (secondary N) is 1. The van der Waals surface area contributed by atoms with Gasteiger partial charge in [0.25, 0.3) is 5.91 Å². The number of hydrogen-bond donors (Lipinski definition) is 1. The first kappa shape index (κ1) is 11.3. The van der Waals surface area contributed by atoms with Crippen LogP contribution >= 0.6 is 15.9 Å². The van der Waals surface area contributed by atoms with Crippen molar-refractivity contribution in [2.24, 2.45) is 0 Å². The van der Waals surface area contributed by atoms with E-state index in [-0.39, 0.29) is 5.91 Å². The predicted molar refractivity (Wildman–Crippen MR) is 58.7 cm³/mol. The molecule has 0 radical (unpaired) electrons. The molecular formula is C10H14BrNO2. The molecular weight excluding hydrogens is 246 g/mol. The van der Waals surface area contributed by atoms with Gasteiger partial charge in [0.15, 0.2) is 0 Å². The van der Waals surface area contributed by atoms with Crippen LogP contribution in [0.25, 0.3) is 0 Å². The van der Waals surface area contributed by atoms with E-state index < -0.39 is 0 Å². The topological polar surface area (TPSA) is 42.2 Å². The molecule has 78 valence electrons. The first-order chi connectivity index (χ1) is 6.74. The second-order valence-electron chi connectivity index (χ2n) is 3.11. The lowest BCUT2D eigenvalue weighted by molar-refractivity contribution is 0.0953. The molecule has 0 bridgehead atoms. The van der Waals surface area contributed by atoms with Crippen molar-refractivity contribution in [3.05, 3.63) is 24.2 Å². The molecule has 3 nitrogen and oxygen atoms in total. The fourth-order valence-corrected chi connectivity index (χ4v) is 1.73. The Balaban J connectivity index is 2.28. The molecule has 1 heterocycles. The van der Waals surface area contributed by atoms with Crippen LogP contribution in [0.2, 0.25) is 0 Å². The third-order valence-electron chi connectivity index (χ3n) is 1.87. The maximum absolute atomic E-state index is 11.4. The van der Waals surface area contributed by atoms with Gasteiger partial charge in [-0.2, -0.15) is 0 Å². The molecule has 1 amide bonds. The van der Waals surface area contributed by atoms with Crippen molar-refractivity contribution >= 4 is 21.8 Å². The molecule has 0 saturated carbocycles. The number of rotatable bonds is 5. The summed E-state index contributed by atoms with van der Waals surface area (Å²) in [5.41, 5.74) is 0.571. The van der Waals surface area contributed by atoms with Crippen LogP contribution in [0.5, 0.6) is 0 Å². The van der Waals surface area contributed by atoms with E-state index >= 15 is 0 Å². The number of alkyl halides is 1. The quantitative estimate of drug-likeness (QED) is 0.827. The number of amides is 1. The Hall–Kier alpha value is -0.770. The lowest BCUT2D eigenvalue weighted by Gasteiger charge is -2.08. The van der Waals surface area contributed by atoms with Gasteiger partial charge in [-0.15, -0.1) is 0 Å². The van der Waals surface area contributed by atoms with Crippen LogP contribution in [0.15, 0.2) is 23.0 Å². The molecule has 0 aliphatic heterocycles. The second-order valence-corrected chi connectivity index (χ2v) is 4.40. The van der Waals surface area contributed by atoms with Crippen molar-refractivity contribution < 1.29 is 9.21 Å². The molecule has 4 heteroatoms. The maximum Gasteiger partial charge on any atom is 0.254 e. The van der Waals surface area contributed by atoms with Crippen LogP contribution in [-0.2, 0) is 0 Å². The zero-order valence-corrected chi connectivity index (χ0v) is 9.71. The number of furan rings is 1. The van der Waals surface area contributed by atoms with Gasteiger partial charge in [0, 0.05) is 11.4 Å². The van der Waals surface area contributed by atoms with Crippen molar-refractivity contribution in [3.8, 4) is 0 Å². The SMILES string of the molecule is CCCC(Br)CNC(=O)c1ccoc1. The highest BCUT2D eigenvalue weighted by Crippen LogP contribution is 2.06. The summed E-state index contributed by atoms with van der Waals surface area (Å²) in [5, 5.41) is 2.82. The van der Waals surface area contributed by atoms with E-state index in [9.17, 15) is 4.79 Å². The Morgan fingerprint density at radius 3 is 3.07 bits per heavy atom. The van der Waals surface area contributed by atoms with Gasteiger partial charge in [-0.3, -0.25) is 4.79 Å². The smallest absolute Gasteiger partial charge is 0.254 e. The third-order valence-corrected chi connectivity index (χ3v) is 2.65. The molecule has 1 aromatic rings. The summed E-state index contributed by atoms with van der Waals surface area (Å²) in [6, 6.07) is 1.65. The fraction of sp³-hybridized carbons (Fsp3) is 0.500. The molecule has 1 N–H and O–H groups in total. The summed E-state index contributed by atoms with van der Waals surface area (Å²) in [6.45, 7) is 2.77. The van der Waals surface area contributed by atoms with Crippen molar-refractivity contribution in [1.82, 2.24) is 5.32 Å². The van der Waals surface area contributed by atoms with Crippen molar-refractivity contribution in [3.63, 3.8) is 0 Å². The van der Waals surface area contributed by atoms with Gasteiger partial charge in [0.05, 0.1) is 11.8 Å². The lowest BCUT2D eigenvalue weighted by Crippen LogP contribution is -2.29. The number of carbonyl (C=O) groups is 1. The van der Waals surface area contributed by atoms with E-state index in [0.717, 1.165) is 12.8 Å². The summed E-state index contributed by atoms with van der Waals surface area (Å²) < 4.78 is 4.82. The Morgan fingerprint density at radius 2 is 2.50 bits per heavy atom. The Kier molecular flexibility index (Phi) is 4.73. The largest absolute Gasteiger partial charge is 0.472 e. The number of carbonyl (C=O) groups excluding carboxylic acids is 1. The van der Waals surface area contributed by atoms with Crippen LogP contribution in [0.1, 0.15) is 30.1 Å². The second kappa shape index (κ2) is 5.86. The average molecular weight is 260 g/mol. The van der Waals surface area contributed by atoms with E-state index in [0.29, 0.717) is 16.9 Å². The molecule has 1 aromatic heterocycles. The van der Waals surface area contributed by atoms with Gasteiger partial charge in [-0.05, 0) is 12.5 Å². The minimum atomic E-state index is -0.0840. The first-order valence-electron chi connectivity index (χ1n) is 4.68. The van der Waals surface area contributed by atoms with Crippen LogP contribution in [0.3, 0.4) is 0 Å². The van der Waals surface area contributed by atoms with Crippen LogP contribution in [-0.4, -0.2) is 17.3 Å². The van der Waals surface area contributed by atoms with E-state index in [2.05, 4.69) is 28.2 Å². The summed E-state index contributed by atoms with van der Waals surface area (Å²) in [5.74, 6) is -0.0840. The minimum absolute atomic E-state index is 0.0840. The van der Waals surface area contributed by atoms with E-state index in [4.69, 9.17) is 4.42 Å². The van der Waals surface area contributed by atoms with Gasteiger partial charge in [0.1, 0.15) is 6.26 Å². The summed E-state index contributed by atoms with van der Waals surface area (Å²) >= 11 is 3.49. The normalized spacial score (nSPS) is 12.4. The Labute approximate surface area is 92.0 Å². The average Bonchev–Trinajstić information content (AvgIpc) is 2.67. The van der Waals surface area contributed by atoms with Gasteiger partial charge in [0.2, 0.25) is 0 Å². The number of hydrogen-bond acceptors (Lipinski definition) is 2. The van der Waals surface area contributed by atoms with E-state index in [1.165, 1.54) is 12.5 Å². The van der Waals surface area contributed by atoms with E-state index in [1.807, 2.05) is 0 Å². The molecule has 14 heavy (non-hydrogen) atoms. The highest BCUT2D eigenvalue weighted by Gasteiger charge is 2.08. The molecule has 0 spiro atoms. The van der Waals surface area contributed by atoms with Gasteiger partial charge >= 0.3 is 0 Å². The minimum Gasteiger partial charge on any atom is -0.472 e. The van der Waals surface area contributed by atoms with Crippen molar-refractivity contribution in [1.29, 1.82) is 0 Å². The molecule has 1 atom stereocenters. The molecule has 0 aliphatic carbocycles. The van der Waals surface area contributed by atoms with Crippen LogP contribution in [0.4, 0.5) is 0 Å². The third kappa shape index (κ3) is 3.54. The molecule has 1 unspecified atom stereocenters. The van der Waals surface area contributed by atoms with Crippen molar-refractivity contribution in [2.45, 2.75) is 24.6 Å². The maximum atomic E-state index is 11.4. The molecule has 0 saturated heterocycles. The van der Waals surface area contributed by atoms with Crippen LogP contribution < -0.4 is 5.32 Å². The molecule has 0 aliphatic rings. The van der Waals surface area contributed by atoms with Gasteiger partial charge < -0.3 is 9.73 Å². The summed E-state index contributed by atoms with van der Waals surface area (Å²) in [6.07, 6.45) is 5.11. The summed E-state index contributed by atoms with van der Waals surface area (Å²) in [4.78, 5) is 11.8. The van der Waals surface area contributed by atoms with Crippen LogP contribution in [0, 0.1) is 0 Å².